The smallest absolute Gasteiger partial charge is 0.265 e. The van der Waals surface area contributed by atoms with Gasteiger partial charge < -0.3 is 10.5 Å². The second-order valence-corrected chi connectivity index (χ2v) is 7.44. The Balaban J connectivity index is 2.45. The van der Waals surface area contributed by atoms with Gasteiger partial charge in [0.05, 0.1) is 17.8 Å². The van der Waals surface area contributed by atoms with E-state index in [4.69, 9.17) is 22.1 Å². The van der Waals surface area contributed by atoms with Gasteiger partial charge in [-0.25, -0.2) is 8.42 Å². The van der Waals surface area contributed by atoms with E-state index in [2.05, 4.69) is 27.3 Å². The van der Waals surface area contributed by atoms with Gasteiger partial charge in [-0.1, -0.05) is 11.6 Å². The zero-order valence-electron chi connectivity index (χ0n) is 10.9. The lowest BCUT2D eigenvalue weighted by Gasteiger charge is -2.13. The van der Waals surface area contributed by atoms with Gasteiger partial charge in [0, 0.05) is 9.26 Å². The molecule has 0 aliphatic rings. The van der Waals surface area contributed by atoms with Crippen LogP contribution in [-0.4, -0.2) is 15.5 Å². The Morgan fingerprint density at radius 3 is 2.57 bits per heavy atom. The SMILES string of the molecule is COc1ccc(N)cc1S(=O)(=O)Nc1ccc(I)cc1Cl. The third-order valence-corrected chi connectivity index (χ3v) is 5.02. The van der Waals surface area contributed by atoms with Crippen molar-refractivity contribution in [1.82, 2.24) is 0 Å². The van der Waals surface area contributed by atoms with Crippen molar-refractivity contribution < 1.29 is 13.2 Å². The third-order valence-electron chi connectivity index (χ3n) is 2.65. The predicted octanol–water partition coefficient (Wildman–Crippen LogP) is 3.34. The molecule has 2 aromatic carbocycles. The van der Waals surface area contributed by atoms with Crippen molar-refractivity contribution in [3.8, 4) is 5.75 Å². The molecule has 5 nitrogen and oxygen atoms in total. The number of anilines is 2. The van der Waals surface area contributed by atoms with Crippen LogP contribution in [0.3, 0.4) is 0 Å². The summed E-state index contributed by atoms with van der Waals surface area (Å²) < 4.78 is 33.3. The van der Waals surface area contributed by atoms with Gasteiger partial charge in [-0.15, -0.1) is 0 Å². The molecule has 0 saturated heterocycles. The summed E-state index contributed by atoms with van der Waals surface area (Å²) >= 11 is 8.13. The van der Waals surface area contributed by atoms with Gasteiger partial charge in [0.25, 0.3) is 10.0 Å². The van der Waals surface area contributed by atoms with Crippen LogP contribution in [-0.2, 0) is 10.0 Å². The van der Waals surface area contributed by atoms with Gasteiger partial charge in [-0.3, -0.25) is 4.72 Å². The maximum absolute atomic E-state index is 12.5. The molecule has 2 aromatic rings. The number of nitrogens with one attached hydrogen (secondary N) is 1. The molecular weight excluding hydrogens is 427 g/mol. The molecule has 3 N–H and O–H groups in total. The number of sulfonamides is 1. The molecule has 2 rings (SSSR count). The topological polar surface area (TPSA) is 81.4 Å². The molecule has 0 spiro atoms. The molecule has 112 valence electrons. The van der Waals surface area contributed by atoms with Crippen LogP contribution in [0.15, 0.2) is 41.3 Å². The summed E-state index contributed by atoms with van der Waals surface area (Å²) in [6.07, 6.45) is 0. The summed E-state index contributed by atoms with van der Waals surface area (Å²) in [7, 11) is -2.46. The lowest BCUT2D eigenvalue weighted by molar-refractivity contribution is 0.403. The van der Waals surface area contributed by atoms with Crippen molar-refractivity contribution in [1.29, 1.82) is 0 Å². The Hall–Kier alpha value is -1.19. The fourth-order valence-electron chi connectivity index (χ4n) is 1.68. The molecule has 0 unspecified atom stereocenters. The number of hydrogen-bond acceptors (Lipinski definition) is 4. The van der Waals surface area contributed by atoms with Crippen molar-refractivity contribution in [2.75, 3.05) is 17.6 Å². The van der Waals surface area contributed by atoms with Crippen LogP contribution in [0.2, 0.25) is 5.02 Å². The zero-order valence-corrected chi connectivity index (χ0v) is 14.7. The second-order valence-electron chi connectivity index (χ2n) is 4.14. The highest BCUT2D eigenvalue weighted by molar-refractivity contribution is 14.1. The first-order valence-corrected chi connectivity index (χ1v) is 8.69. The molecule has 0 bridgehead atoms. The van der Waals surface area contributed by atoms with Crippen molar-refractivity contribution in [2.24, 2.45) is 0 Å². The van der Waals surface area contributed by atoms with Crippen LogP contribution in [0, 0.1) is 3.57 Å². The number of nitrogen functional groups attached to an aromatic ring is 1. The molecule has 0 fully saturated rings. The van der Waals surface area contributed by atoms with Gasteiger partial charge in [0.2, 0.25) is 0 Å². The molecular formula is C13H12ClIN2O3S. The van der Waals surface area contributed by atoms with E-state index in [1.54, 1.807) is 24.3 Å². The largest absolute Gasteiger partial charge is 0.495 e. The number of ether oxygens (including phenoxy) is 1. The Kier molecular flexibility index (Phi) is 4.84. The highest BCUT2D eigenvalue weighted by Crippen LogP contribution is 2.30. The lowest BCUT2D eigenvalue weighted by Crippen LogP contribution is -2.14. The lowest BCUT2D eigenvalue weighted by atomic mass is 10.3. The molecule has 8 heteroatoms. The van der Waals surface area contributed by atoms with Crippen molar-refractivity contribution >= 4 is 55.6 Å². The molecule has 21 heavy (non-hydrogen) atoms. The number of rotatable bonds is 4. The summed E-state index contributed by atoms with van der Waals surface area (Å²) in [5.74, 6) is 0.207. The molecule has 0 aromatic heterocycles. The van der Waals surface area contributed by atoms with Crippen molar-refractivity contribution in [3.63, 3.8) is 0 Å². The highest BCUT2D eigenvalue weighted by atomic mass is 127. The van der Waals surface area contributed by atoms with E-state index in [9.17, 15) is 8.42 Å². The number of nitrogens with two attached hydrogens (primary N) is 1. The summed E-state index contributed by atoms with van der Waals surface area (Å²) in [5, 5.41) is 0.313. The Bertz CT molecular complexity index is 781. The van der Waals surface area contributed by atoms with Gasteiger partial charge in [-0.2, -0.15) is 0 Å². The molecule has 0 heterocycles. The second kappa shape index (κ2) is 6.29. The number of halogens is 2. The average molecular weight is 439 g/mol. The van der Waals surface area contributed by atoms with Gasteiger partial charge in [0.1, 0.15) is 10.6 Å². The van der Waals surface area contributed by atoms with E-state index < -0.39 is 10.0 Å². The third kappa shape index (κ3) is 3.72. The van der Waals surface area contributed by atoms with E-state index in [-0.39, 0.29) is 10.6 Å². The maximum Gasteiger partial charge on any atom is 0.265 e. The first kappa shape index (κ1) is 16.2. The van der Waals surface area contributed by atoms with E-state index in [0.29, 0.717) is 16.4 Å². The van der Waals surface area contributed by atoms with Crippen LogP contribution < -0.4 is 15.2 Å². The van der Waals surface area contributed by atoms with Gasteiger partial charge in [-0.05, 0) is 59.0 Å². The fourth-order valence-corrected chi connectivity index (χ4v) is 3.92. The van der Waals surface area contributed by atoms with Crippen molar-refractivity contribution in [3.05, 3.63) is 45.0 Å². The minimum atomic E-state index is -3.86. The molecule has 0 atom stereocenters. The summed E-state index contributed by atoms with van der Waals surface area (Å²) in [4.78, 5) is -0.0420. The molecule has 0 aliphatic heterocycles. The van der Waals surface area contributed by atoms with E-state index in [1.807, 2.05) is 0 Å². The fraction of sp³-hybridized carbons (Fsp3) is 0.0769. The van der Waals surface area contributed by atoms with Gasteiger partial charge >= 0.3 is 0 Å². The minimum absolute atomic E-state index is 0.0420. The molecule has 0 amide bonds. The van der Waals surface area contributed by atoms with E-state index in [0.717, 1.165) is 3.57 Å². The number of benzene rings is 2. The standard InChI is InChI=1S/C13H12ClIN2O3S/c1-20-12-5-3-9(16)7-13(12)21(18,19)17-11-4-2-8(15)6-10(11)14/h2-7,17H,16H2,1H3. The van der Waals surface area contributed by atoms with Crippen LogP contribution in [0.4, 0.5) is 11.4 Å². The minimum Gasteiger partial charge on any atom is -0.495 e. The van der Waals surface area contributed by atoms with Crippen LogP contribution in [0.25, 0.3) is 0 Å². The molecule has 0 saturated carbocycles. The Labute approximate surface area is 141 Å². The Morgan fingerprint density at radius 2 is 1.95 bits per heavy atom. The quantitative estimate of drug-likeness (QED) is 0.567. The Morgan fingerprint density at radius 1 is 1.24 bits per heavy atom. The van der Waals surface area contributed by atoms with Crippen LogP contribution in [0.5, 0.6) is 5.75 Å². The normalized spacial score (nSPS) is 11.2. The first-order chi connectivity index (χ1) is 9.83. The number of hydrogen-bond donors (Lipinski definition) is 2. The molecule has 0 aliphatic carbocycles. The average Bonchev–Trinajstić information content (AvgIpc) is 2.42. The first-order valence-electron chi connectivity index (χ1n) is 5.75. The van der Waals surface area contributed by atoms with Gasteiger partial charge in [0.15, 0.2) is 0 Å². The van der Waals surface area contributed by atoms with E-state index in [1.165, 1.54) is 19.2 Å². The van der Waals surface area contributed by atoms with Crippen LogP contribution >= 0.6 is 34.2 Å². The summed E-state index contributed by atoms with van der Waals surface area (Å²) in [5.41, 5.74) is 6.26. The summed E-state index contributed by atoms with van der Waals surface area (Å²) in [6.45, 7) is 0. The zero-order chi connectivity index (χ0) is 15.6. The predicted molar refractivity (Wildman–Crippen MR) is 92.4 cm³/mol. The maximum atomic E-state index is 12.5. The van der Waals surface area contributed by atoms with Crippen LogP contribution in [0.1, 0.15) is 0 Å². The molecule has 0 radical (unpaired) electrons. The summed E-state index contributed by atoms with van der Waals surface area (Å²) in [6, 6.07) is 9.41. The monoisotopic (exact) mass is 438 g/mol. The van der Waals surface area contributed by atoms with E-state index >= 15 is 0 Å². The highest BCUT2D eigenvalue weighted by Gasteiger charge is 2.21. The number of methoxy groups -OCH3 is 1. The van der Waals surface area contributed by atoms with Crippen molar-refractivity contribution in [2.45, 2.75) is 4.90 Å².